The number of rotatable bonds is 6. The number of carbonyl (C=O) groups excluding carboxylic acids is 2. The molecule has 2 aromatic carbocycles. The fourth-order valence-electron chi connectivity index (χ4n) is 3.31. The molecule has 8 nitrogen and oxygen atoms in total. The molecule has 4 aromatic rings. The largest absolute Gasteiger partial charge is 0.377 e. The first-order valence-corrected chi connectivity index (χ1v) is 10.6. The van der Waals surface area contributed by atoms with E-state index in [2.05, 4.69) is 25.6 Å². The molecule has 34 heavy (non-hydrogen) atoms. The molecule has 0 saturated carbocycles. The van der Waals surface area contributed by atoms with E-state index in [1.54, 1.807) is 37.4 Å². The maximum atomic E-state index is 13.2. The van der Waals surface area contributed by atoms with Crippen molar-refractivity contribution in [2.75, 3.05) is 17.7 Å². The third-order valence-electron chi connectivity index (χ3n) is 4.95. The van der Waals surface area contributed by atoms with Crippen LogP contribution >= 0.6 is 35.6 Å². The van der Waals surface area contributed by atoms with Gasteiger partial charge in [-0.2, -0.15) is 0 Å². The molecule has 0 aliphatic carbocycles. The normalized spacial score (nSPS) is 10.6. The third-order valence-corrected chi connectivity index (χ3v) is 5.66. The molecule has 2 amide bonds. The summed E-state index contributed by atoms with van der Waals surface area (Å²) in [6.07, 6.45) is 2.86. The van der Waals surface area contributed by atoms with Crippen LogP contribution in [0.25, 0.3) is 11.0 Å². The van der Waals surface area contributed by atoms with Crippen LogP contribution in [0.1, 0.15) is 32.1 Å². The number of imidazole rings is 1. The zero-order valence-corrected chi connectivity index (χ0v) is 20.4. The Labute approximate surface area is 211 Å². The summed E-state index contributed by atoms with van der Waals surface area (Å²) in [7, 11) is 1.55. The number of fused-ring (bicyclic) bond motifs is 1. The van der Waals surface area contributed by atoms with E-state index < -0.39 is 11.8 Å². The van der Waals surface area contributed by atoms with Crippen LogP contribution in [-0.4, -0.2) is 33.9 Å². The van der Waals surface area contributed by atoms with E-state index in [9.17, 15) is 9.59 Å². The van der Waals surface area contributed by atoms with E-state index in [4.69, 9.17) is 27.9 Å². The molecule has 11 heteroatoms. The Morgan fingerprint density at radius 2 is 1.82 bits per heavy atom. The quantitative estimate of drug-likeness (QED) is 0.304. The number of pyridine rings is 1. The van der Waals surface area contributed by atoms with E-state index >= 15 is 0 Å². The van der Waals surface area contributed by atoms with E-state index in [0.717, 1.165) is 5.56 Å². The van der Waals surface area contributed by atoms with Crippen LogP contribution in [0.15, 0.2) is 48.8 Å². The molecule has 0 saturated heterocycles. The second-order valence-electron chi connectivity index (χ2n) is 7.21. The van der Waals surface area contributed by atoms with Crippen molar-refractivity contribution in [3.8, 4) is 0 Å². The minimum Gasteiger partial charge on any atom is -0.377 e. The van der Waals surface area contributed by atoms with Crippen LogP contribution in [-0.2, 0) is 11.3 Å². The average Bonchev–Trinajstić information content (AvgIpc) is 3.19. The number of aromatic nitrogens is 3. The van der Waals surface area contributed by atoms with Gasteiger partial charge in [-0.15, -0.1) is 12.4 Å². The zero-order chi connectivity index (χ0) is 23.5. The smallest absolute Gasteiger partial charge is 0.258 e. The summed E-state index contributed by atoms with van der Waals surface area (Å²) in [6.45, 7) is 2.05. The number of aromatic amines is 1. The summed E-state index contributed by atoms with van der Waals surface area (Å²) in [5.41, 5.74) is 3.24. The van der Waals surface area contributed by atoms with Crippen LogP contribution in [0.3, 0.4) is 0 Å². The molecule has 2 aromatic heterocycles. The number of hydrogen-bond donors (Lipinski definition) is 3. The molecule has 0 aliphatic heterocycles. The number of ether oxygens (including phenoxy) is 1. The summed E-state index contributed by atoms with van der Waals surface area (Å²) in [5, 5.41) is 6.41. The van der Waals surface area contributed by atoms with Gasteiger partial charge in [-0.1, -0.05) is 29.3 Å². The van der Waals surface area contributed by atoms with E-state index in [0.29, 0.717) is 33.3 Å². The predicted molar refractivity (Wildman–Crippen MR) is 135 cm³/mol. The molecule has 0 aliphatic rings. The number of methoxy groups -OCH3 is 1. The Morgan fingerprint density at radius 1 is 1.06 bits per heavy atom. The van der Waals surface area contributed by atoms with E-state index in [1.807, 2.05) is 6.92 Å². The summed E-state index contributed by atoms with van der Waals surface area (Å²) < 4.78 is 5.15. The van der Waals surface area contributed by atoms with Gasteiger partial charge in [0.1, 0.15) is 17.9 Å². The zero-order valence-electron chi connectivity index (χ0n) is 18.1. The van der Waals surface area contributed by atoms with Gasteiger partial charge >= 0.3 is 0 Å². The highest BCUT2D eigenvalue weighted by Crippen LogP contribution is 2.27. The standard InChI is InChI=1S/C23H19Cl2N5O3.ClH/c1-12-16(24)4-3-5-18(12)29-23(32)15-8-13(9-19-21(15)30-20(28-19)11-33-2)27-22(31)14-6-7-26-10-17(14)25;/h3-10H,11H2,1-2H3,(H,27,31)(H,28,30)(H,29,32);1H. The number of H-pyrrole nitrogens is 1. The van der Waals surface area contributed by atoms with Gasteiger partial charge in [0.25, 0.3) is 11.8 Å². The first kappa shape index (κ1) is 25.5. The number of carbonyl (C=O) groups is 2. The van der Waals surface area contributed by atoms with Gasteiger partial charge in [0, 0.05) is 35.9 Å². The number of halogens is 3. The number of nitrogens with zero attached hydrogens (tertiary/aromatic N) is 2. The Balaban J connectivity index is 0.00000324. The van der Waals surface area contributed by atoms with Crippen molar-refractivity contribution < 1.29 is 14.3 Å². The summed E-state index contributed by atoms with van der Waals surface area (Å²) >= 11 is 12.3. The number of benzene rings is 2. The second-order valence-corrected chi connectivity index (χ2v) is 8.03. The molecule has 0 unspecified atom stereocenters. The highest BCUT2D eigenvalue weighted by Gasteiger charge is 2.19. The Bertz CT molecular complexity index is 1370. The van der Waals surface area contributed by atoms with Crippen molar-refractivity contribution in [2.24, 2.45) is 0 Å². The fourth-order valence-corrected chi connectivity index (χ4v) is 3.69. The molecule has 0 spiro atoms. The summed E-state index contributed by atoms with van der Waals surface area (Å²) in [5.74, 6) is -0.296. The van der Waals surface area contributed by atoms with Gasteiger partial charge in [-0.25, -0.2) is 4.98 Å². The van der Waals surface area contributed by atoms with Gasteiger partial charge in [0.2, 0.25) is 0 Å². The van der Waals surface area contributed by atoms with Crippen molar-refractivity contribution >= 4 is 69.8 Å². The molecule has 4 rings (SSSR count). The maximum absolute atomic E-state index is 13.2. The molecule has 176 valence electrons. The minimum absolute atomic E-state index is 0. The molecule has 3 N–H and O–H groups in total. The fraction of sp³-hybridized carbons (Fsp3) is 0.130. The van der Waals surface area contributed by atoms with E-state index in [-0.39, 0.29) is 35.2 Å². The van der Waals surface area contributed by atoms with Crippen LogP contribution in [0.4, 0.5) is 11.4 Å². The lowest BCUT2D eigenvalue weighted by Gasteiger charge is -2.12. The van der Waals surface area contributed by atoms with Crippen LogP contribution in [0.5, 0.6) is 0 Å². The number of anilines is 2. The maximum Gasteiger partial charge on any atom is 0.258 e. The Hall–Kier alpha value is -3.17. The van der Waals surface area contributed by atoms with Gasteiger partial charge < -0.3 is 20.4 Å². The van der Waals surface area contributed by atoms with Crippen molar-refractivity contribution in [3.05, 3.63) is 81.4 Å². The molecular weight excluding hydrogens is 501 g/mol. The molecule has 0 radical (unpaired) electrons. The Morgan fingerprint density at radius 3 is 2.56 bits per heavy atom. The highest BCUT2D eigenvalue weighted by atomic mass is 35.5. The number of nitrogens with one attached hydrogen (secondary N) is 3. The average molecular weight is 521 g/mol. The molecule has 2 heterocycles. The van der Waals surface area contributed by atoms with Gasteiger partial charge in [-0.3, -0.25) is 14.6 Å². The minimum atomic E-state index is -0.435. The van der Waals surface area contributed by atoms with Gasteiger partial charge in [-0.05, 0) is 42.8 Å². The predicted octanol–water partition coefficient (Wildman–Crippen LogP) is 5.65. The Kier molecular flexibility index (Phi) is 8.11. The van der Waals surface area contributed by atoms with Crippen LogP contribution in [0.2, 0.25) is 10.0 Å². The first-order chi connectivity index (χ1) is 15.9. The monoisotopic (exact) mass is 519 g/mol. The van der Waals surface area contributed by atoms with Crippen LogP contribution in [0, 0.1) is 6.92 Å². The second kappa shape index (κ2) is 10.8. The first-order valence-electron chi connectivity index (χ1n) is 9.86. The van der Waals surface area contributed by atoms with Crippen molar-refractivity contribution in [1.82, 2.24) is 15.0 Å². The molecule has 0 fully saturated rings. The van der Waals surface area contributed by atoms with Crippen LogP contribution < -0.4 is 10.6 Å². The molecule has 0 atom stereocenters. The number of amides is 2. The lowest BCUT2D eigenvalue weighted by atomic mass is 10.1. The van der Waals surface area contributed by atoms with Crippen molar-refractivity contribution in [3.63, 3.8) is 0 Å². The van der Waals surface area contributed by atoms with Crippen molar-refractivity contribution in [2.45, 2.75) is 13.5 Å². The van der Waals surface area contributed by atoms with Gasteiger partial charge in [0.05, 0.1) is 21.7 Å². The van der Waals surface area contributed by atoms with E-state index in [1.165, 1.54) is 18.5 Å². The molecule has 0 bridgehead atoms. The lowest BCUT2D eigenvalue weighted by Crippen LogP contribution is -2.16. The SMILES string of the molecule is COCc1nc2c(C(=O)Nc3cccc(Cl)c3C)cc(NC(=O)c3ccncc3Cl)cc2[nH]1.Cl. The van der Waals surface area contributed by atoms with Crippen molar-refractivity contribution in [1.29, 1.82) is 0 Å². The lowest BCUT2D eigenvalue weighted by molar-refractivity contribution is 0.101. The summed E-state index contributed by atoms with van der Waals surface area (Å²) in [6, 6.07) is 10.0. The topological polar surface area (TPSA) is 109 Å². The summed E-state index contributed by atoms with van der Waals surface area (Å²) in [4.78, 5) is 37.5. The molecular formula is C23H20Cl3N5O3. The third kappa shape index (κ3) is 5.31. The van der Waals surface area contributed by atoms with Gasteiger partial charge in [0.15, 0.2) is 0 Å². The number of hydrogen-bond acceptors (Lipinski definition) is 5. The highest BCUT2D eigenvalue weighted by molar-refractivity contribution is 6.34.